The molecule has 228 valence electrons. The van der Waals surface area contributed by atoms with Crippen LogP contribution in [0.15, 0.2) is 103 Å². The Kier molecular flexibility index (Phi) is 10.2. The third kappa shape index (κ3) is 7.88. The van der Waals surface area contributed by atoms with E-state index in [0.717, 1.165) is 0 Å². The molecule has 6 rings (SSSR count). The molecule has 6 aromatic rings. The first-order chi connectivity index (χ1) is 21.6. The van der Waals surface area contributed by atoms with E-state index in [9.17, 15) is 19.5 Å². The van der Waals surface area contributed by atoms with Gasteiger partial charge in [-0.25, -0.2) is 4.79 Å². The van der Waals surface area contributed by atoms with E-state index in [1.807, 2.05) is 18.2 Å². The summed E-state index contributed by atoms with van der Waals surface area (Å²) < 4.78 is 5.23. The van der Waals surface area contributed by atoms with Crippen molar-refractivity contribution in [1.29, 1.82) is 0 Å². The maximum atomic E-state index is 11.9. The molecule has 10 heteroatoms. The zero-order valence-corrected chi connectivity index (χ0v) is 25.3. The van der Waals surface area contributed by atoms with E-state index in [0.29, 0.717) is 38.8 Å². The Morgan fingerprint density at radius 2 is 1.42 bits per heavy atom. The lowest BCUT2D eigenvalue weighted by Gasteiger charge is -2.18. The van der Waals surface area contributed by atoms with Gasteiger partial charge < -0.3 is 20.5 Å². The Morgan fingerprint density at radius 3 is 2.04 bits per heavy atom. The van der Waals surface area contributed by atoms with Crippen LogP contribution in [0, 0.1) is 13.8 Å². The van der Waals surface area contributed by atoms with Crippen molar-refractivity contribution in [2.75, 3.05) is 11.9 Å². The minimum Gasteiger partial charge on any atom is -0.506 e. The van der Waals surface area contributed by atoms with Crippen LogP contribution >= 0.6 is 0 Å². The number of rotatable bonds is 4. The maximum absolute atomic E-state index is 11.9. The fourth-order valence-corrected chi connectivity index (χ4v) is 4.27. The van der Waals surface area contributed by atoms with E-state index in [-0.39, 0.29) is 17.2 Å². The number of para-hydroxylation sites is 1. The summed E-state index contributed by atoms with van der Waals surface area (Å²) in [6.07, 6.45) is 0. The highest BCUT2D eigenvalue weighted by Gasteiger charge is 2.15. The first-order valence-corrected chi connectivity index (χ1v) is 14.0. The van der Waals surface area contributed by atoms with Crippen molar-refractivity contribution in [3.05, 3.63) is 125 Å². The van der Waals surface area contributed by atoms with Gasteiger partial charge in [0.25, 0.3) is 5.91 Å². The van der Waals surface area contributed by atoms with Crippen molar-refractivity contribution in [3.63, 3.8) is 0 Å². The number of ether oxygens (including phenoxy) is 1. The molecule has 0 aliphatic rings. The van der Waals surface area contributed by atoms with Crippen molar-refractivity contribution < 1.29 is 24.2 Å². The number of carbonyl (C=O) groups is 3. The summed E-state index contributed by atoms with van der Waals surface area (Å²) in [4.78, 5) is 36.0. The van der Waals surface area contributed by atoms with Crippen LogP contribution in [-0.2, 0) is 4.79 Å². The summed E-state index contributed by atoms with van der Waals surface area (Å²) in [5, 5.41) is 21.6. The van der Waals surface area contributed by atoms with Gasteiger partial charge in [0.2, 0.25) is 5.91 Å². The predicted molar refractivity (Wildman–Crippen MR) is 174 cm³/mol. The molecular weight excluding hydrogens is 570 g/mol. The molecule has 1 aromatic heterocycles. The van der Waals surface area contributed by atoms with Gasteiger partial charge in [-0.2, -0.15) is 15.4 Å². The summed E-state index contributed by atoms with van der Waals surface area (Å²) in [6, 6.07) is 30.6. The van der Waals surface area contributed by atoms with E-state index in [2.05, 4.69) is 53.5 Å². The summed E-state index contributed by atoms with van der Waals surface area (Å²) in [6.45, 7) is 5.70. The Hall–Kier alpha value is -6.03. The van der Waals surface area contributed by atoms with Crippen molar-refractivity contribution in [2.24, 2.45) is 5.73 Å². The van der Waals surface area contributed by atoms with E-state index < -0.39 is 11.9 Å². The van der Waals surface area contributed by atoms with E-state index in [1.54, 1.807) is 61.6 Å². The van der Waals surface area contributed by atoms with Crippen LogP contribution < -0.4 is 15.4 Å². The molecule has 0 bridgehead atoms. The molecule has 10 nitrogen and oxygen atoms in total. The molecule has 0 saturated carbocycles. The fraction of sp³-hybridized carbons (Fsp3) is 0.114. The van der Waals surface area contributed by atoms with Gasteiger partial charge in [-0.05, 0) is 67.4 Å². The second kappa shape index (κ2) is 14.4. The van der Waals surface area contributed by atoms with Crippen LogP contribution in [0.2, 0.25) is 0 Å². The number of aryl methyl sites for hydroxylation is 2. The molecule has 5 aromatic carbocycles. The van der Waals surface area contributed by atoms with E-state index in [1.165, 1.54) is 29.0 Å². The zero-order valence-electron chi connectivity index (χ0n) is 25.3. The van der Waals surface area contributed by atoms with Gasteiger partial charge in [-0.15, -0.1) is 0 Å². The molecule has 0 aliphatic carbocycles. The molecule has 4 N–H and O–H groups in total. The smallest absolute Gasteiger partial charge is 0.343 e. The number of phenols is 1. The van der Waals surface area contributed by atoms with Gasteiger partial charge >= 0.3 is 5.97 Å². The van der Waals surface area contributed by atoms with Crippen LogP contribution in [0.25, 0.3) is 21.8 Å². The number of primary amides is 1. The topological polar surface area (TPSA) is 152 Å². The number of hydrogen-bond donors (Lipinski definition) is 3. The van der Waals surface area contributed by atoms with Crippen molar-refractivity contribution >= 4 is 45.3 Å². The highest BCUT2D eigenvalue weighted by molar-refractivity contribution is 6.08. The minimum absolute atomic E-state index is 0.0649. The molecule has 0 radical (unpaired) electrons. The number of benzene rings is 5. The van der Waals surface area contributed by atoms with Crippen LogP contribution in [-0.4, -0.2) is 45.3 Å². The first kappa shape index (κ1) is 31.9. The third-order valence-electron chi connectivity index (χ3n) is 7.04. The minimum atomic E-state index is -0.690. The number of nitrogens with one attached hydrogen (secondary N) is 1. The lowest BCUT2D eigenvalue weighted by Crippen LogP contribution is -2.23. The largest absolute Gasteiger partial charge is 0.506 e. The predicted octanol–water partition coefficient (Wildman–Crippen LogP) is 6.11. The lowest BCUT2D eigenvalue weighted by molar-refractivity contribution is -0.116. The lowest BCUT2D eigenvalue weighted by atomic mass is 10.0. The van der Waals surface area contributed by atoms with Crippen molar-refractivity contribution in [2.45, 2.75) is 20.8 Å². The number of esters is 1. The number of aromatic hydroxyl groups is 1. The van der Waals surface area contributed by atoms with Gasteiger partial charge in [0.05, 0.1) is 16.8 Å². The van der Waals surface area contributed by atoms with Gasteiger partial charge in [-0.3, -0.25) is 9.59 Å². The molecule has 0 aliphatic heterocycles. The molecule has 2 amide bonds. The molecular formula is C35H33N5O5. The summed E-state index contributed by atoms with van der Waals surface area (Å²) in [7, 11) is 1.65. The highest BCUT2D eigenvalue weighted by atomic mass is 16.5. The standard InChI is InChI=1S/C14H14N2O3.C13H9N3O2.C8H10/c1-8(17)16(2)12-5-3-4-10-9(12)6-7-11(13(10)18)14(15)19;17-13(18-10-4-2-1-3-5-10)9-6-7-11-12(8-9)15-16-14-11;1-7-5-3-4-6-8(7)2/h3-7,18H,1-2H3,(H2,15,19);1-8H,(H,14,15,16);3-6H,1-2H3. The van der Waals surface area contributed by atoms with Gasteiger partial charge in [-0.1, -0.05) is 60.7 Å². The van der Waals surface area contributed by atoms with E-state index >= 15 is 0 Å². The van der Waals surface area contributed by atoms with Gasteiger partial charge in [0, 0.05) is 24.7 Å². The number of hydrogen-bond acceptors (Lipinski definition) is 7. The Balaban J connectivity index is 0.000000166. The molecule has 1 heterocycles. The molecule has 0 atom stereocenters. The van der Waals surface area contributed by atoms with Crippen LogP contribution in [0.4, 0.5) is 5.69 Å². The Labute approximate surface area is 260 Å². The van der Waals surface area contributed by atoms with Crippen LogP contribution in [0.5, 0.6) is 11.5 Å². The van der Waals surface area contributed by atoms with Crippen LogP contribution in [0.3, 0.4) is 0 Å². The second-order valence-corrected chi connectivity index (χ2v) is 10.1. The molecule has 0 spiro atoms. The highest BCUT2D eigenvalue weighted by Crippen LogP contribution is 2.34. The SMILES string of the molecule is CC(=O)N(C)c1cccc2c(O)c(C(N)=O)ccc12.Cc1ccccc1C.O=C(Oc1ccccc1)c1ccc2n[nH]nc2c1. The zero-order chi connectivity index (χ0) is 32.5. The molecule has 45 heavy (non-hydrogen) atoms. The number of carbonyl (C=O) groups excluding carboxylic acids is 3. The average molecular weight is 604 g/mol. The monoisotopic (exact) mass is 603 g/mol. The molecule has 0 saturated heterocycles. The van der Waals surface area contributed by atoms with Crippen LogP contribution in [0.1, 0.15) is 38.8 Å². The third-order valence-corrected chi connectivity index (χ3v) is 7.04. The quantitative estimate of drug-likeness (QED) is 0.162. The first-order valence-electron chi connectivity index (χ1n) is 14.0. The maximum Gasteiger partial charge on any atom is 0.343 e. The number of aromatic nitrogens is 3. The number of fused-ring (bicyclic) bond motifs is 2. The van der Waals surface area contributed by atoms with Gasteiger partial charge in [0.15, 0.2) is 0 Å². The Bertz CT molecular complexity index is 1950. The second-order valence-electron chi connectivity index (χ2n) is 10.1. The van der Waals surface area contributed by atoms with Crippen molar-refractivity contribution in [3.8, 4) is 11.5 Å². The summed E-state index contributed by atoms with van der Waals surface area (Å²) in [5.41, 5.74) is 10.4. The summed E-state index contributed by atoms with van der Waals surface area (Å²) >= 11 is 0. The number of aromatic amines is 1. The number of anilines is 1. The normalized spacial score (nSPS) is 10.2. The Morgan fingerprint density at radius 1 is 0.778 bits per heavy atom. The number of amides is 2. The number of nitrogens with zero attached hydrogens (tertiary/aromatic N) is 3. The number of nitrogens with two attached hydrogens (primary N) is 1. The number of H-pyrrole nitrogens is 1. The fourth-order valence-electron chi connectivity index (χ4n) is 4.27. The van der Waals surface area contributed by atoms with Crippen molar-refractivity contribution in [1.82, 2.24) is 15.4 Å². The van der Waals surface area contributed by atoms with Gasteiger partial charge in [0.1, 0.15) is 22.5 Å². The summed E-state index contributed by atoms with van der Waals surface area (Å²) in [5.74, 6) is -0.867. The van der Waals surface area contributed by atoms with E-state index in [4.69, 9.17) is 10.5 Å². The molecule has 0 unspecified atom stereocenters. The average Bonchev–Trinajstić information content (AvgIpc) is 3.51. The molecule has 0 fully saturated rings.